The highest BCUT2D eigenvalue weighted by atomic mass is 16.5. The Kier molecular flexibility index (Phi) is 5.03. The number of esters is 1. The van der Waals surface area contributed by atoms with Crippen LogP contribution in [0.25, 0.3) is 5.95 Å². The van der Waals surface area contributed by atoms with Gasteiger partial charge in [0.25, 0.3) is 5.95 Å². The summed E-state index contributed by atoms with van der Waals surface area (Å²) in [6, 6.07) is 1.76. The molecule has 0 saturated carbocycles. The molecule has 6 nitrogen and oxygen atoms in total. The van der Waals surface area contributed by atoms with E-state index in [0.29, 0.717) is 12.6 Å². The number of ether oxygens (including phenoxy) is 1. The number of carbonyl (C=O) groups excluding carboxylic acids is 1. The Morgan fingerprint density at radius 3 is 2.48 bits per heavy atom. The molecule has 6 heteroatoms. The summed E-state index contributed by atoms with van der Waals surface area (Å²) in [6.45, 7) is 6.25. The molecule has 2 rings (SSSR count). The SMILES string of the molecule is CCOC(=O)Cc1c(CC)nn(-c2ncccn2)c1CC. The first-order valence-electron chi connectivity index (χ1n) is 7.23. The topological polar surface area (TPSA) is 69.9 Å². The molecule has 0 N–H and O–H groups in total. The molecule has 2 heterocycles. The molecule has 0 fully saturated rings. The van der Waals surface area contributed by atoms with Crippen molar-refractivity contribution in [3.05, 3.63) is 35.4 Å². The van der Waals surface area contributed by atoms with Crippen molar-refractivity contribution in [2.24, 2.45) is 0 Å². The molecular formula is C15H20N4O2. The molecule has 21 heavy (non-hydrogen) atoms. The lowest BCUT2D eigenvalue weighted by molar-refractivity contribution is -0.142. The van der Waals surface area contributed by atoms with Crippen LogP contribution in [0.2, 0.25) is 0 Å². The lowest BCUT2D eigenvalue weighted by Gasteiger charge is -2.06. The number of rotatable bonds is 6. The first-order valence-corrected chi connectivity index (χ1v) is 7.23. The normalized spacial score (nSPS) is 10.6. The molecule has 0 amide bonds. The Hall–Kier alpha value is -2.24. The predicted molar refractivity (Wildman–Crippen MR) is 78.2 cm³/mol. The molecule has 2 aromatic heterocycles. The summed E-state index contributed by atoms with van der Waals surface area (Å²) in [4.78, 5) is 20.3. The zero-order chi connectivity index (χ0) is 15.2. The van der Waals surface area contributed by atoms with Crippen LogP contribution >= 0.6 is 0 Å². The zero-order valence-corrected chi connectivity index (χ0v) is 12.7. The second-order valence-corrected chi connectivity index (χ2v) is 4.52. The van der Waals surface area contributed by atoms with Gasteiger partial charge < -0.3 is 4.74 Å². The van der Waals surface area contributed by atoms with Gasteiger partial charge in [-0.2, -0.15) is 5.10 Å². The summed E-state index contributed by atoms with van der Waals surface area (Å²) in [5.74, 6) is 0.301. The highest BCUT2D eigenvalue weighted by Gasteiger charge is 2.20. The van der Waals surface area contributed by atoms with Crippen LogP contribution in [0.4, 0.5) is 0 Å². The molecule has 0 radical (unpaired) electrons. The molecule has 0 saturated heterocycles. The fraction of sp³-hybridized carbons (Fsp3) is 0.467. The van der Waals surface area contributed by atoms with Gasteiger partial charge in [0.05, 0.1) is 24.4 Å². The monoisotopic (exact) mass is 288 g/mol. The maximum Gasteiger partial charge on any atom is 0.310 e. The van der Waals surface area contributed by atoms with E-state index < -0.39 is 0 Å². The molecule has 0 atom stereocenters. The van der Waals surface area contributed by atoms with Crippen molar-refractivity contribution in [2.75, 3.05) is 6.61 Å². The van der Waals surface area contributed by atoms with E-state index in [1.807, 2.05) is 13.8 Å². The number of aromatic nitrogens is 4. The molecule has 0 bridgehead atoms. The van der Waals surface area contributed by atoms with Crippen LogP contribution in [0.1, 0.15) is 37.7 Å². The van der Waals surface area contributed by atoms with Gasteiger partial charge in [-0.25, -0.2) is 14.6 Å². The maximum atomic E-state index is 11.8. The van der Waals surface area contributed by atoms with Crippen LogP contribution in [0, 0.1) is 0 Å². The third-order valence-electron chi connectivity index (χ3n) is 3.21. The van der Waals surface area contributed by atoms with Gasteiger partial charge in [0.1, 0.15) is 0 Å². The first kappa shape index (κ1) is 15.2. The maximum absolute atomic E-state index is 11.8. The second kappa shape index (κ2) is 6.97. The van der Waals surface area contributed by atoms with E-state index in [4.69, 9.17) is 4.74 Å². The quantitative estimate of drug-likeness (QED) is 0.759. The predicted octanol–water partition coefficient (Wildman–Crippen LogP) is 1.89. The van der Waals surface area contributed by atoms with Gasteiger partial charge in [-0.3, -0.25) is 4.79 Å². The van der Waals surface area contributed by atoms with Gasteiger partial charge in [-0.05, 0) is 25.8 Å². The van der Waals surface area contributed by atoms with E-state index in [1.165, 1.54) is 0 Å². The standard InChI is InChI=1S/C15H20N4O2/c1-4-12-11(10-14(20)21-6-3)13(5-2)19(18-12)15-16-8-7-9-17-15/h7-9H,4-6,10H2,1-3H3. The molecule has 112 valence electrons. The van der Waals surface area contributed by atoms with Gasteiger partial charge >= 0.3 is 5.97 Å². The Balaban J connectivity index is 2.44. The lowest BCUT2D eigenvalue weighted by Crippen LogP contribution is -2.11. The average molecular weight is 288 g/mol. The van der Waals surface area contributed by atoms with Gasteiger partial charge in [-0.15, -0.1) is 0 Å². The Morgan fingerprint density at radius 2 is 1.90 bits per heavy atom. The van der Waals surface area contributed by atoms with Gasteiger partial charge in [-0.1, -0.05) is 13.8 Å². The molecule has 2 aromatic rings. The molecule has 0 aliphatic rings. The molecule has 0 unspecified atom stereocenters. The first-order chi connectivity index (χ1) is 10.2. The molecule has 0 aliphatic carbocycles. The summed E-state index contributed by atoms with van der Waals surface area (Å²) in [5.41, 5.74) is 2.80. The molecule has 0 aromatic carbocycles. The minimum absolute atomic E-state index is 0.226. The highest BCUT2D eigenvalue weighted by Crippen LogP contribution is 2.19. The fourth-order valence-electron chi connectivity index (χ4n) is 2.31. The third kappa shape index (κ3) is 3.26. The van der Waals surface area contributed by atoms with Gasteiger partial charge in [0.2, 0.25) is 0 Å². The van der Waals surface area contributed by atoms with Crippen LogP contribution in [-0.2, 0) is 28.8 Å². The Labute approximate surface area is 124 Å². The van der Waals surface area contributed by atoms with Crippen molar-refractivity contribution >= 4 is 5.97 Å². The van der Waals surface area contributed by atoms with Crippen molar-refractivity contribution in [2.45, 2.75) is 40.0 Å². The van der Waals surface area contributed by atoms with E-state index in [1.54, 1.807) is 30.1 Å². The van der Waals surface area contributed by atoms with E-state index in [9.17, 15) is 4.79 Å². The summed E-state index contributed by atoms with van der Waals surface area (Å²) in [7, 11) is 0. The Morgan fingerprint density at radius 1 is 1.19 bits per heavy atom. The lowest BCUT2D eigenvalue weighted by atomic mass is 10.1. The molecular weight excluding hydrogens is 268 g/mol. The minimum Gasteiger partial charge on any atom is -0.466 e. The highest BCUT2D eigenvalue weighted by molar-refractivity contribution is 5.73. The van der Waals surface area contributed by atoms with Crippen LogP contribution in [0.3, 0.4) is 0 Å². The number of hydrogen-bond donors (Lipinski definition) is 0. The van der Waals surface area contributed by atoms with Gasteiger partial charge in [0, 0.05) is 18.0 Å². The number of nitrogens with zero attached hydrogens (tertiary/aromatic N) is 4. The zero-order valence-electron chi connectivity index (χ0n) is 12.7. The van der Waals surface area contributed by atoms with Crippen molar-refractivity contribution in [1.29, 1.82) is 0 Å². The summed E-state index contributed by atoms with van der Waals surface area (Å²) in [6.07, 6.45) is 5.11. The summed E-state index contributed by atoms with van der Waals surface area (Å²) < 4.78 is 6.78. The average Bonchev–Trinajstić information content (AvgIpc) is 2.86. The summed E-state index contributed by atoms with van der Waals surface area (Å²) in [5, 5.41) is 4.57. The summed E-state index contributed by atoms with van der Waals surface area (Å²) >= 11 is 0. The van der Waals surface area contributed by atoms with Crippen LogP contribution in [0.5, 0.6) is 0 Å². The third-order valence-corrected chi connectivity index (χ3v) is 3.21. The van der Waals surface area contributed by atoms with Crippen LogP contribution < -0.4 is 0 Å². The Bertz CT molecular complexity index is 608. The number of hydrogen-bond acceptors (Lipinski definition) is 5. The van der Waals surface area contributed by atoms with E-state index in [2.05, 4.69) is 15.1 Å². The minimum atomic E-state index is -0.226. The van der Waals surface area contributed by atoms with E-state index >= 15 is 0 Å². The van der Waals surface area contributed by atoms with Gasteiger partial charge in [0.15, 0.2) is 0 Å². The van der Waals surface area contributed by atoms with E-state index in [-0.39, 0.29) is 12.4 Å². The smallest absolute Gasteiger partial charge is 0.310 e. The second-order valence-electron chi connectivity index (χ2n) is 4.52. The van der Waals surface area contributed by atoms with Crippen molar-refractivity contribution in [3.8, 4) is 5.95 Å². The number of carbonyl (C=O) groups is 1. The largest absolute Gasteiger partial charge is 0.466 e. The van der Waals surface area contributed by atoms with Crippen molar-refractivity contribution in [3.63, 3.8) is 0 Å². The fourth-order valence-corrected chi connectivity index (χ4v) is 2.31. The molecule has 0 spiro atoms. The molecule has 0 aliphatic heterocycles. The van der Waals surface area contributed by atoms with Crippen molar-refractivity contribution < 1.29 is 9.53 Å². The van der Waals surface area contributed by atoms with Crippen LogP contribution in [-0.4, -0.2) is 32.3 Å². The van der Waals surface area contributed by atoms with Crippen LogP contribution in [0.15, 0.2) is 18.5 Å². The number of aryl methyl sites for hydroxylation is 1. The van der Waals surface area contributed by atoms with Crippen molar-refractivity contribution in [1.82, 2.24) is 19.7 Å². The van der Waals surface area contributed by atoms with E-state index in [0.717, 1.165) is 29.8 Å².